The highest BCUT2D eigenvalue weighted by molar-refractivity contribution is 6.04. The van der Waals surface area contributed by atoms with Crippen molar-refractivity contribution in [3.63, 3.8) is 0 Å². The first kappa shape index (κ1) is 20.3. The Bertz CT molecular complexity index is 1310. The van der Waals surface area contributed by atoms with Crippen molar-refractivity contribution in [3.05, 3.63) is 62.8 Å². The molecule has 1 atom stereocenters. The SMILES string of the molecule is Cn1c(=O)n(C)c2cc(NC(=O)C3CC(=O)N(c4ccc(F)c([N+](=O)[O-])c4)C3)ccc21. The Labute approximate surface area is 174 Å². The van der Waals surface area contributed by atoms with E-state index in [9.17, 15) is 28.9 Å². The predicted octanol–water partition coefficient (Wildman–Crippen LogP) is 1.92. The summed E-state index contributed by atoms with van der Waals surface area (Å²) in [7, 11) is 3.28. The first-order valence-corrected chi connectivity index (χ1v) is 9.38. The van der Waals surface area contributed by atoms with E-state index in [1.54, 1.807) is 32.3 Å². The number of hydrogen-bond donors (Lipinski definition) is 1. The number of carbonyl (C=O) groups excluding carboxylic acids is 2. The fourth-order valence-electron chi connectivity index (χ4n) is 3.77. The van der Waals surface area contributed by atoms with Gasteiger partial charge in [-0.05, 0) is 30.3 Å². The third kappa shape index (κ3) is 3.43. The number of nitrogens with zero attached hydrogens (tertiary/aromatic N) is 4. The lowest BCUT2D eigenvalue weighted by atomic mass is 10.1. The van der Waals surface area contributed by atoms with Gasteiger partial charge in [0.05, 0.1) is 27.6 Å². The summed E-state index contributed by atoms with van der Waals surface area (Å²) in [5.41, 5.74) is 1.07. The van der Waals surface area contributed by atoms with Crippen LogP contribution in [0.1, 0.15) is 6.42 Å². The number of nitro benzene ring substituents is 1. The summed E-state index contributed by atoms with van der Waals surface area (Å²) in [6.07, 6.45) is -0.0803. The van der Waals surface area contributed by atoms with E-state index in [0.29, 0.717) is 16.7 Å². The minimum absolute atomic E-state index is 0.0134. The van der Waals surface area contributed by atoms with Crippen LogP contribution in [0.25, 0.3) is 11.0 Å². The highest BCUT2D eigenvalue weighted by atomic mass is 19.1. The molecule has 4 rings (SSSR count). The Morgan fingerprint density at radius 2 is 1.84 bits per heavy atom. The molecule has 2 heterocycles. The van der Waals surface area contributed by atoms with Crippen molar-refractivity contribution in [1.29, 1.82) is 0 Å². The van der Waals surface area contributed by atoms with Crippen LogP contribution in [-0.4, -0.2) is 32.4 Å². The Balaban J connectivity index is 1.53. The Hall–Kier alpha value is -4.02. The van der Waals surface area contributed by atoms with E-state index in [1.165, 1.54) is 20.1 Å². The second kappa shape index (κ2) is 7.35. The third-order valence-electron chi connectivity index (χ3n) is 5.47. The Kier molecular flexibility index (Phi) is 4.80. The van der Waals surface area contributed by atoms with E-state index >= 15 is 0 Å². The predicted molar refractivity (Wildman–Crippen MR) is 110 cm³/mol. The van der Waals surface area contributed by atoms with Crippen LogP contribution in [-0.2, 0) is 23.7 Å². The number of nitrogens with one attached hydrogen (secondary N) is 1. The van der Waals surface area contributed by atoms with Gasteiger partial charge in [0.2, 0.25) is 17.6 Å². The first-order chi connectivity index (χ1) is 14.7. The molecule has 1 aliphatic heterocycles. The first-order valence-electron chi connectivity index (χ1n) is 9.38. The number of benzene rings is 2. The van der Waals surface area contributed by atoms with Crippen LogP contribution in [0.3, 0.4) is 0 Å². The van der Waals surface area contributed by atoms with Gasteiger partial charge < -0.3 is 10.2 Å². The lowest BCUT2D eigenvalue weighted by Crippen LogP contribution is -2.28. The number of rotatable bonds is 4. The van der Waals surface area contributed by atoms with Crippen molar-refractivity contribution in [3.8, 4) is 0 Å². The largest absolute Gasteiger partial charge is 0.328 e. The van der Waals surface area contributed by atoms with Gasteiger partial charge in [0, 0.05) is 38.8 Å². The van der Waals surface area contributed by atoms with Crippen LogP contribution in [0.15, 0.2) is 41.2 Å². The number of carbonyl (C=O) groups is 2. The van der Waals surface area contributed by atoms with Crippen molar-refractivity contribution in [1.82, 2.24) is 9.13 Å². The van der Waals surface area contributed by atoms with Gasteiger partial charge in [0.15, 0.2) is 0 Å². The fourth-order valence-corrected chi connectivity index (χ4v) is 3.77. The highest BCUT2D eigenvalue weighted by Gasteiger charge is 2.36. The van der Waals surface area contributed by atoms with Crippen molar-refractivity contribution >= 4 is 39.9 Å². The molecule has 1 aliphatic rings. The molecule has 160 valence electrons. The van der Waals surface area contributed by atoms with Crippen LogP contribution in [0.5, 0.6) is 0 Å². The molecule has 2 aromatic carbocycles. The number of hydrogen-bond acceptors (Lipinski definition) is 5. The van der Waals surface area contributed by atoms with Crippen molar-refractivity contribution < 1.29 is 18.9 Å². The topological polar surface area (TPSA) is 119 Å². The minimum Gasteiger partial charge on any atom is -0.326 e. The summed E-state index contributed by atoms with van der Waals surface area (Å²) in [6.45, 7) is 0.0134. The zero-order chi connectivity index (χ0) is 22.4. The molecule has 0 aliphatic carbocycles. The summed E-state index contributed by atoms with van der Waals surface area (Å²) in [4.78, 5) is 48.5. The van der Waals surface area contributed by atoms with Gasteiger partial charge in [-0.1, -0.05) is 0 Å². The third-order valence-corrected chi connectivity index (χ3v) is 5.47. The normalized spacial score (nSPS) is 16.2. The number of aromatic nitrogens is 2. The Morgan fingerprint density at radius 3 is 2.55 bits per heavy atom. The van der Waals surface area contributed by atoms with Crippen LogP contribution in [0.2, 0.25) is 0 Å². The molecule has 0 radical (unpaired) electrons. The van der Waals surface area contributed by atoms with E-state index in [2.05, 4.69) is 5.32 Å². The number of anilines is 2. The molecule has 1 N–H and O–H groups in total. The lowest BCUT2D eigenvalue weighted by Gasteiger charge is -2.16. The van der Waals surface area contributed by atoms with Gasteiger partial charge in [-0.2, -0.15) is 4.39 Å². The zero-order valence-electron chi connectivity index (χ0n) is 16.7. The molecule has 10 nitrogen and oxygen atoms in total. The Morgan fingerprint density at radius 1 is 1.13 bits per heavy atom. The van der Waals surface area contributed by atoms with Gasteiger partial charge in [-0.3, -0.25) is 28.8 Å². The number of halogens is 1. The summed E-state index contributed by atoms with van der Waals surface area (Å²) >= 11 is 0. The molecule has 31 heavy (non-hydrogen) atoms. The zero-order valence-corrected chi connectivity index (χ0v) is 16.7. The highest BCUT2D eigenvalue weighted by Crippen LogP contribution is 2.30. The number of nitro groups is 1. The number of fused-ring (bicyclic) bond motifs is 1. The van der Waals surface area contributed by atoms with Crippen LogP contribution in [0, 0.1) is 21.8 Å². The minimum atomic E-state index is -1.000. The van der Waals surface area contributed by atoms with Gasteiger partial charge in [0.1, 0.15) is 0 Å². The molecule has 0 saturated carbocycles. The maximum atomic E-state index is 13.6. The lowest BCUT2D eigenvalue weighted by molar-refractivity contribution is -0.387. The van der Waals surface area contributed by atoms with Crippen molar-refractivity contribution in [2.24, 2.45) is 20.0 Å². The standard InChI is InChI=1S/C20H18FN5O5/c1-23-15-6-3-12(8-17(15)24(2)20(23)29)22-19(28)11-7-18(27)25(10-11)13-4-5-14(21)16(9-13)26(30)31/h3-6,8-9,11H,7,10H2,1-2H3,(H,22,28). The quantitative estimate of drug-likeness (QED) is 0.504. The van der Waals surface area contributed by atoms with Crippen LogP contribution in [0.4, 0.5) is 21.5 Å². The smallest absolute Gasteiger partial charge is 0.326 e. The molecular formula is C20H18FN5O5. The average molecular weight is 427 g/mol. The van der Waals surface area contributed by atoms with E-state index in [4.69, 9.17) is 0 Å². The van der Waals surface area contributed by atoms with Crippen LogP contribution >= 0.6 is 0 Å². The van der Waals surface area contributed by atoms with Crippen molar-refractivity contribution in [2.75, 3.05) is 16.8 Å². The van der Waals surface area contributed by atoms with E-state index in [-0.39, 0.29) is 30.2 Å². The molecule has 1 fully saturated rings. The molecule has 11 heteroatoms. The average Bonchev–Trinajstić information content (AvgIpc) is 3.22. The molecule has 1 unspecified atom stereocenters. The van der Waals surface area contributed by atoms with Crippen LogP contribution < -0.4 is 15.9 Å². The molecule has 2 amide bonds. The second-order valence-electron chi connectivity index (χ2n) is 7.39. The monoisotopic (exact) mass is 427 g/mol. The number of imidazole rings is 1. The van der Waals surface area contributed by atoms with E-state index < -0.39 is 28.3 Å². The molecule has 0 bridgehead atoms. The maximum absolute atomic E-state index is 13.6. The van der Waals surface area contributed by atoms with E-state index in [1.807, 2.05) is 0 Å². The summed E-state index contributed by atoms with van der Waals surface area (Å²) in [5, 5.41) is 13.7. The fraction of sp³-hybridized carbons (Fsp3) is 0.250. The summed E-state index contributed by atoms with van der Waals surface area (Å²) < 4.78 is 16.5. The molecular weight excluding hydrogens is 409 g/mol. The molecule has 1 aromatic heterocycles. The molecule has 0 spiro atoms. The molecule has 3 aromatic rings. The molecule has 1 saturated heterocycles. The summed E-state index contributed by atoms with van der Waals surface area (Å²) in [5.74, 6) is -2.47. The maximum Gasteiger partial charge on any atom is 0.328 e. The van der Waals surface area contributed by atoms with Gasteiger partial charge >= 0.3 is 11.4 Å². The van der Waals surface area contributed by atoms with Gasteiger partial charge in [-0.15, -0.1) is 0 Å². The van der Waals surface area contributed by atoms with E-state index in [0.717, 1.165) is 12.1 Å². The second-order valence-corrected chi connectivity index (χ2v) is 7.39. The summed E-state index contributed by atoms with van der Waals surface area (Å²) in [6, 6.07) is 8.23. The number of aryl methyl sites for hydroxylation is 2. The number of amides is 2. The van der Waals surface area contributed by atoms with Gasteiger partial charge in [0.25, 0.3) is 0 Å². The van der Waals surface area contributed by atoms with Gasteiger partial charge in [-0.25, -0.2) is 4.79 Å². The van der Waals surface area contributed by atoms with Crippen molar-refractivity contribution in [2.45, 2.75) is 6.42 Å².